The minimum Gasteiger partial charge on any atom is -0.496 e. The lowest BCUT2D eigenvalue weighted by molar-refractivity contribution is -0.126. The summed E-state index contributed by atoms with van der Waals surface area (Å²) in [6.07, 6.45) is 1.76. The molecular formula is C19H23BrN2O4S2. The highest BCUT2D eigenvalue weighted by molar-refractivity contribution is 9.11. The average molecular weight is 487 g/mol. The molecule has 0 unspecified atom stereocenters. The fourth-order valence-corrected chi connectivity index (χ4v) is 6.93. The smallest absolute Gasteiger partial charge is 0.252 e. The Labute approximate surface area is 178 Å². The lowest BCUT2D eigenvalue weighted by Gasteiger charge is -2.30. The molecule has 0 bridgehead atoms. The van der Waals surface area contributed by atoms with Gasteiger partial charge in [0.05, 0.1) is 10.9 Å². The van der Waals surface area contributed by atoms with Crippen LogP contribution >= 0.6 is 27.3 Å². The van der Waals surface area contributed by atoms with Gasteiger partial charge in [-0.15, -0.1) is 11.3 Å². The molecular weight excluding hydrogens is 464 g/mol. The third kappa shape index (κ3) is 4.94. The van der Waals surface area contributed by atoms with E-state index >= 15 is 0 Å². The fourth-order valence-electron chi connectivity index (χ4n) is 3.30. The number of hydrogen-bond acceptors (Lipinski definition) is 5. The van der Waals surface area contributed by atoms with Crippen LogP contribution in [-0.4, -0.2) is 45.4 Å². The van der Waals surface area contributed by atoms with Crippen molar-refractivity contribution in [2.75, 3.05) is 26.7 Å². The molecule has 0 aliphatic carbocycles. The Bertz CT molecular complexity index is 922. The molecule has 0 radical (unpaired) electrons. The molecule has 9 heteroatoms. The zero-order valence-electron chi connectivity index (χ0n) is 15.6. The predicted molar refractivity (Wildman–Crippen MR) is 113 cm³/mol. The van der Waals surface area contributed by atoms with Crippen molar-refractivity contribution in [1.82, 2.24) is 9.62 Å². The minimum absolute atomic E-state index is 0.00851. The number of para-hydroxylation sites is 1. The van der Waals surface area contributed by atoms with E-state index in [1.165, 1.54) is 15.6 Å². The second-order valence-electron chi connectivity index (χ2n) is 6.59. The van der Waals surface area contributed by atoms with Crippen LogP contribution in [-0.2, 0) is 21.2 Å². The number of methoxy groups -OCH3 is 1. The van der Waals surface area contributed by atoms with Gasteiger partial charge in [0, 0.05) is 25.6 Å². The van der Waals surface area contributed by atoms with Gasteiger partial charge in [-0.25, -0.2) is 8.42 Å². The molecule has 0 spiro atoms. The van der Waals surface area contributed by atoms with Crippen molar-refractivity contribution in [3.05, 3.63) is 45.7 Å². The number of piperidine rings is 1. The molecule has 1 aromatic carbocycles. The summed E-state index contributed by atoms with van der Waals surface area (Å²) in [5.74, 6) is 0.653. The number of hydrogen-bond donors (Lipinski definition) is 1. The third-order valence-corrected chi connectivity index (χ3v) is 8.84. The highest BCUT2D eigenvalue weighted by Gasteiger charge is 2.32. The molecule has 2 aromatic rings. The molecule has 1 aliphatic heterocycles. The summed E-state index contributed by atoms with van der Waals surface area (Å²) < 4.78 is 33.3. The first-order valence-electron chi connectivity index (χ1n) is 9.07. The van der Waals surface area contributed by atoms with Gasteiger partial charge in [0.15, 0.2) is 0 Å². The molecule has 2 heterocycles. The van der Waals surface area contributed by atoms with Crippen molar-refractivity contribution in [2.45, 2.75) is 23.5 Å². The Morgan fingerprint density at radius 1 is 1.25 bits per heavy atom. The molecule has 1 N–H and O–H groups in total. The van der Waals surface area contributed by atoms with Crippen LogP contribution in [0.25, 0.3) is 0 Å². The number of nitrogens with zero attached hydrogens (tertiary/aromatic N) is 1. The van der Waals surface area contributed by atoms with E-state index in [2.05, 4.69) is 21.2 Å². The zero-order valence-corrected chi connectivity index (χ0v) is 18.8. The summed E-state index contributed by atoms with van der Waals surface area (Å²) >= 11 is 4.51. The lowest BCUT2D eigenvalue weighted by Crippen LogP contribution is -2.43. The number of thiophene rings is 1. The number of benzene rings is 1. The van der Waals surface area contributed by atoms with Crippen molar-refractivity contribution < 1.29 is 17.9 Å². The maximum atomic E-state index is 12.7. The monoisotopic (exact) mass is 486 g/mol. The van der Waals surface area contributed by atoms with E-state index < -0.39 is 10.0 Å². The van der Waals surface area contributed by atoms with Crippen LogP contribution in [0, 0.1) is 5.92 Å². The number of carbonyl (C=O) groups is 1. The first-order chi connectivity index (χ1) is 13.4. The van der Waals surface area contributed by atoms with E-state index in [9.17, 15) is 13.2 Å². The van der Waals surface area contributed by atoms with E-state index in [4.69, 9.17) is 4.74 Å². The van der Waals surface area contributed by atoms with Crippen LogP contribution in [0.5, 0.6) is 5.75 Å². The number of ether oxygens (including phenoxy) is 1. The van der Waals surface area contributed by atoms with Crippen LogP contribution in [0.3, 0.4) is 0 Å². The summed E-state index contributed by atoms with van der Waals surface area (Å²) in [5, 5.41) is 2.97. The van der Waals surface area contributed by atoms with Crippen LogP contribution in [0.1, 0.15) is 18.4 Å². The van der Waals surface area contributed by atoms with Gasteiger partial charge in [0.25, 0.3) is 10.0 Å². The minimum atomic E-state index is -3.47. The molecule has 1 saturated heterocycles. The van der Waals surface area contributed by atoms with Crippen molar-refractivity contribution >= 4 is 43.2 Å². The summed E-state index contributed by atoms with van der Waals surface area (Å²) in [6.45, 7) is 1.26. The van der Waals surface area contributed by atoms with Crippen molar-refractivity contribution in [3.8, 4) is 5.75 Å². The SMILES string of the molecule is COc1ccccc1CCNC(=O)C1CCN(S(=O)(=O)c2ccc(Br)s2)CC1. The van der Waals surface area contributed by atoms with Gasteiger partial charge in [-0.1, -0.05) is 18.2 Å². The van der Waals surface area contributed by atoms with Crippen molar-refractivity contribution in [2.24, 2.45) is 5.92 Å². The van der Waals surface area contributed by atoms with E-state index in [0.29, 0.717) is 43.1 Å². The Morgan fingerprint density at radius 2 is 1.96 bits per heavy atom. The van der Waals surface area contributed by atoms with Crippen LogP contribution in [0.4, 0.5) is 0 Å². The van der Waals surface area contributed by atoms with E-state index in [0.717, 1.165) is 15.1 Å². The van der Waals surface area contributed by atoms with Gasteiger partial charge < -0.3 is 10.1 Å². The van der Waals surface area contributed by atoms with Gasteiger partial charge in [-0.2, -0.15) is 4.31 Å². The number of rotatable bonds is 7. The molecule has 1 amide bonds. The standard InChI is InChI=1S/C19H23BrN2O4S2/c1-26-16-5-3-2-4-14(16)8-11-21-19(23)15-9-12-22(13-10-15)28(24,25)18-7-6-17(20)27-18/h2-7,15H,8-13H2,1H3,(H,21,23). The number of sulfonamides is 1. The maximum absolute atomic E-state index is 12.7. The second kappa shape index (κ2) is 9.39. The number of amides is 1. The highest BCUT2D eigenvalue weighted by Crippen LogP contribution is 2.30. The average Bonchev–Trinajstić information content (AvgIpc) is 3.15. The third-order valence-electron chi connectivity index (χ3n) is 4.85. The summed E-state index contributed by atoms with van der Waals surface area (Å²) in [4.78, 5) is 12.5. The number of nitrogens with one attached hydrogen (secondary N) is 1. The Morgan fingerprint density at radius 3 is 2.61 bits per heavy atom. The lowest BCUT2D eigenvalue weighted by atomic mass is 9.97. The summed E-state index contributed by atoms with van der Waals surface area (Å²) in [5.41, 5.74) is 1.05. The first kappa shape index (κ1) is 21.3. The van der Waals surface area contributed by atoms with E-state index in [-0.39, 0.29) is 11.8 Å². The first-order valence-corrected chi connectivity index (χ1v) is 12.1. The zero-order chi connectivity index (χ0) is 20.1. The quantitative estimate of drug-likeness (QED) is 0.651. The number of carbonyl (C=O) groups excluding carboxylic acids is 1. The predicted octanol–water partition coefficient (Wildman–Crippen LogP) is 3.28. The molecule has 3 rings (SSSR count). The summed E-state index contributed by atoms with van der Waals surface area (Å²) in [7, 11) is -1.84. The Kier molecular flexibility index (Phi) is 7.14. The molecule has 0 atom stereocenters. The van der Waals surface area contributed by atoms with Crippen LogP contribution in [0.15, 0.2) is 44.4 Å². The molecule has 1 fully saturated rings. The van der Waals surface area contributed by atoms with Crippen molar-refractivity contribution in [3.63, 3.8) is 0 Å². The maximum Gasteiger partial charge on any atom is 0.252 e. The Balaban J connectivity index is 1.48. The van der Waals surface area contributed by atoms with Crippen molar-refractivity contribution in [1.29, 1.82) is 0 Å². The largest absolute Gasteiger partial charge is 0.496 e. The fraction of sp³-hybridized carbons (Fsp3) is 0.421. The summed E-state index contributed by atoms with van der Waals surface area (Å²) in [6, 6.07) is 11.1. The van der Waals surface area contributed by atoms with Crippen LogP contribution in [0.2, 0.25) is 0 Å². The molecule has 28 heavy (non-hydrogen) atoms. The Hall–Kier alpha value is -1.42. The molecule has 6 nitrogen and oxygen atoms in total. The van der Waals surface area contributed by atoms with E-state index in [1.807, 2.05) is 24.3 Å². The molecule has 152 valence electrons. The number of halogens is 1. The normalized spacial score (nSPS) is 16.1. The molecule has 0 saturated carbocycles. The second-order valence-corrected chi connectivity index (χ2v) is 11.2. The van der Waals surface area contributed by atoms with E-state index in [1.54, 1.807) is 19.2 Å². The topological polar surface area (TPSA) is 75.7 Å². The van der Waals surface area contributed by atoms with Gasteiger partial charge in [0.2, 0.25) is 5.91 Å². The van der Waals surface area contributed by atoms with Gasteiger partial charge in [-0.3, -0.25) is 4.79 Å². The molecule has 1 aliphatic rings. The highest BCUT2D eigenvalue weighted by atomic mass is 79.9. The molecule has 1 aromatic heterocycles. The van der Waals surface area contributed by atoms with Gasteiger partial charge in [0.1, 0.15) is 9.96 Å². The van der Waals surface area contributed by atoms with Gasteiger partial charge in [-0.05, 0) is 59.0 Å². The van der Waals surface area contributed by atoms with Gasteiger partial charge >= 0.3 is 0 Å². The van der Waals surface area contributed by atoms with Crippen LogP contribution < -0.4 is 10.1 Å².